The maximum absolute atomic E-state index is 13.1. The number of benzene rings is 2. The number of nitro groups is 1. The molecule has 2 rings (SSSR count). The monoisotopic (exact) mass is 387 g/mol. The van der Waals surface area contributed by atoms with Gasteiger partial charge in [-0.2, -0.15) is 0 Å². The standard InChI is InChI=1S/C20H22FN3O4/c1-23(2)12-3-13-28-18-9-7-17(8-10-18)22-20(25)11-5-15-4-6-16(21)14-19(15)24(26)27/h4-11,14H,3,12-13H2,1-2H3,(H,22,25)/b11-5+. The molecule has 0 fully saturated rings. The number of hydrogen-bond donors (Lipinski definition) is 1. The first kappa shape index (κ1) is 21.0. The average Bonchev–Trinajstić information content (AvgIpc) is 2.65. The van der Waals surface area contributed by atoms with E-state index in [9.17, 15) is 19.3 Å². The third-order valence-electron chi connectivity index (χ3n) is 3.74. The SMILES string of the molecule is CN(C)CCCOc1ccc(NC(=O)/C=C/c2ccc(F)cc2[N+](=O)[O-])cc1. The molecule has 8 heteroatoms. The normalized spacial score (nSPS) is 11.0. The fraction of sp³-hybridized carbons (Fsp3) is 0.250. The zero-order chi connectivity index (χ0) is 20.5. The van der Waals surface area contributed by atoms with Crippen LogP contribution in [-0.2, 0) is 4.79 Å². The molecule has 7 nitrogen and oxygen atoms in total. The van der Waals surface area contributed by atoms with Crippen molar-refractivity contribution in [1.82, 2.24) is 4.90 Å². The minimum Gasteiger partial charge on any atom is -0.494 e. The van der Waals surface area contributed by atoms with Crippen LogP contribution in [-0.4, -0.2) is 43.0 Å². The Kier molecular flexibility index (Phi) is 7.65. The average molecular weight is 387 g/mol. The first-order valence-corrected chi connectivity index (χ1v) is 8.66. The number of rotatable bonds is 9. The van der Waals surface area contributed by atoms with Crippen molar-refractivity contribution in [2.24, 2.45) is 0 Å². The highest BCUT2D eigenvalue weighted by Gasteiger charge is 2.12. The highest BCUT2D eigenvalue weighted by Crippen LogP contribution is 2.21. The topological polar surface area (TPSA) is 84.7 Å². The van der Waals surface area contributed by atoms with Crippen molar-refractivity contribution < 1.29 is 18.8 Å². The van der Waals surface area contributed by atoms with Gasteiger partial charge in [-0.1, -0.05) is 0 Å². The number of nitrogens with one attached hydrogen (secondary N) is 1. The molecule has 0 unspecified atom stereocenters. The van der Waals surface area contributed by atoms with Gasteiger partial charge in [0.25, 0.3) is 5.69 Å². The predicted octanol–water partition coefficient (Wildman–Crippen LogP) is 3.72. The van der Waals surface area contributed by atoms with Gasteiger partial charge < -0.3 is 15.0 Å². The zero-order valence-corrected chi connectivity index (χ0v) is 15.7. The Labute approximate surface area is 162 Å². The molecular weight excluding hydrogens is 365 g/mol. The minimum absolute atomic E-state index is 0.142. The van der Waals surface area contributed by atoms with Gasteiger partial charge in [0.15, 0.2) is 0 Å². The summed E-state index contributed by atoms with van der Waals surface area (Å²) in [5.74, 6) is -0.468. The van der Waals surface area contributed by atoms with Crippen molar-refractivity contribution in [3.05, 3.63) is 70.0 Å². The van der Waals surface area contributed by atoms with Gasteiger partial charge in [-0.3, -0.25) is 14.9 Å². The van der Waals surface area contributed by atoms with Crippen molar-refractivity contribution in [2.45, 2.75) is 6.42 Å². The van der Waals surface area contributed by atoms with Crippen molar-refractivity contribution in [2.75, 3.05) is 32.6 Å². The molecular formula is C20H22FN3O4. The van der Waals surface area contributed by atoms with Crippen LogP contribution in [0.3, 0.4) is 0 Å². The molecule has 2 aromatic rings. The molecule has 0 bridgehead atoms. The summed E-state index contributed by atoms with van der Waals surface area (Å²) in [6.45, 7) is 1.54. The Hall–Kier alpha value is -3.26. The molecule has 2 aromatic carbocycles. The molecule has 0 saturated heterocycles. The molecule has 1 amide bonds. The summed E-state index contributed by atoms with van der Waals surface area (Å²) in [6, 6.07) is 10.1. The van der Waals surface area contributed by atoms with E-state index in [1.165, 1.54) is 12.1 Å². The van der Waals surface area contributed by atoms with Crippen molar-refractivity contribution in [1.29, 1.82) is 0 Å². The highest BCUT2D eigenvalue weighted by atomic mass is 19.1. The largest absolute Gasteiger partial charge is 0.494 e. The number of carbonyl (C=O) groups excluding carboxylic acids is 1. The Bertz CT molecular complexity index is 851. The van der Waals surface area contributed by atoms with Gasteiger partial charge in [0, 0.05) is 18.3 Å². The molecule has 1 N–H and O–H groups in total. The number of carbonyl (C=O) groups is 1. The van der Waals surface area contributed by atoms with Gasteiger partial charge in [-0.05, 0) is 63.0 Å². The molecule has 0 heterocycles. The number of nitro benzene ring substituents is 1. The molecule has 0 aliphatic heterocycles. The Morgan fingerprint density at radius 3 is 2.61 bits per heavy atom. The van der Waals surface area contributed by atoms with Crippen molar-refractivity contribution in [3.63, 3.8) is 0 Å². The number of nitrogens with zero attached hydrogens (tertiary/aromatic N) is 2. The van der Waals surface area contributed by atoms with Crippen LogP contribution in [0.2, 0.25) is 0 Å². The fourth-order valence-corrected chi connectivity index (χ4v) is 2.37. The number of ether oxygens (including phenoxy) is 1. The maximum Gasteiger partial charge on any atom is 0.279 e. The quantitative estimate of drug-likeness (QED) is 0.307. The van der Waals surface area contributed by atoms with Crippen LogP contribution in [0.25, 0.3) is 6.08 Å². The summed E-state index contributed by atoms with van der Waals surface area (Å²) in [7, 11) is 4.00. The lowest BCUT2D eigenvalue weighted by molar-refractivity contribution is -0.385. The summed E-state index contributed by atoms with van der Waals surface area (Å²) >= 11 is 0. The minimum atomic E-state index is -0.711. The number of halogens is 1. The van der Waals surface area contributed by atoms with E-state index in [1.807, 2.05) is 14.1 Å². The first-order chi connectivity index (χ1) is 13.3. The van der Waals surface area contributed by atoms with Crippen LogP contribution < -0.4 is 10.1 Å². The summed E-state index contributed by atoms with van der Waals surface area (Å²) in [5.41, 5.74) is 0.298. The van der Waals surface area contributed by atoms with Crippen LogP contribution in [0.15, 0.2) is 48.5 Å². The molecule has 0 atom stereocenters. The summed E-state index contributed by atoms with van der Waals surface area (Å²) in [5, 5.41) is 13.6. The summed E-state index contributed by atoms with van der Waals surface area (Å²) in [6.07, 6.45) is 3.34. The molecule has 0 aromatic heterocycles. The second-order valence-corrected chi connectivity index (χ2v) is 6.31. The first-order valence-electron chi connectivity index (χ1n) is 8.66. The van der Waals surface area contributed by atoms with E-state index in [4.69, 9.17) is 4.74 Å². The van der Waals surface area contributed by atoms with E-state index in [0.717, 1.165) is 31.2 Å². The fourth-order valence-electron chi connectivity index (χ4n) is 2.37. The lowest BCUT2D eigenvalue weighted by Crippen LogP contribution is -2.15. The third kappa shape index (κ3) is 6.81. The van der Waals surface area contributed by atoms with Crippen LogP contribution in [0, 0.1) is 15.9 Å². The molecule has 148 valence electrons. The van der Waals surface area contributed by atoms with Gasteiger partial charge in [0.1, 0.15) is 11.6 Å². The van der Waals surface area contributed by atoms with E-state index in [2.05, 4.69) is 10.2 Å². The number of hydrogen-bond acceptors (Lipinski definition) is 5. The van der Waals surface area contributed by atoms with Crippen LogP contribution >= 0.6 is 0 Å². The zero-order valence-electron chi connectivity index (χ0n) is 15.7. The van der Waals surface area contributed by atoms with Crippen molar-refractivity contribution >= 4 is 23.4 Å². The predicted molar refractivity (Wildman–Crippen MR) is 106 cm³/mol. The highest BCUT2D eigenvalue weighted by molar-refractivity contribution is 6.02. The number of amides is 1. The molecule has 0 radical (unpaired) electrons. The lowest BCUT2D eigenvalue weighted by atomic mass is 10.1. The van der Waals surface area contributed by atoms with Gasteiger partial charge in [0.2, 0.25) is 5.91 Å². The van der Waals surface area contributed by atoms with Crippen LogP contribution in [0.4, 0.5) is 15.8 Å². The Balaban J connectivity index is 1.91. The molecule has 0 aliphatic carbocycles. The van der Waals surface area contributed by atoms with Gasteiger partial charge in [-0.15, -0.1) is 0 Å². The summed E-state index contributed by atoms with van der Waals surface area (Å²) in [4.78, 5) is 24.4. The molecule has 28 heavy (non-hydrogen) atoms. The third-order valence-corrected chi connectivity index (χ3v) is 3.74. The summed E-state index contributed by atoms with van der Waals surface area (Å²) < 4.78 is 18.8. The second kappa shape index (κ2) is 10.2. The van der Waals surface area contributed by atoms with Crippen LogP contribution in [0.1, 0.15) is 12.0 Å². The Morgan fingerprint density at radius 1 is 1.25 bits per heavy atom. The van der Waals surface area contributed by atoms with E-state index >= 15 is 0 Å². The smallest absolute Gasteiger partial charge is 0.279 e. The van der Waals surface area contributed by atoms with Gasteiger partial charge in [-0.25, -0.2) is 4.39 Å². The number of anilines is 1. The van der Waals surface area contributed by atoms with E-state index in [0.29, 0.717) is 18.0 Å². The van der Waals surface area contributed by atoms with Gasteiger partial charge >= 0.3 is 0 Å². The lowest BCUT2D eigenvalue weighted by Gasteiger charge is -2.10. The van der Waals surface area contributed by atoms with Gasteiger partial charge in [0.05, 0.1) is 23.2 Å². The van der Waals surface area contributed by atoms with E-state index in [-0.39, 0.29) is 5.56 Å². The van der Waals surface area contributed by atoms with E-state index < -0.39 is 22.3 Å². The second-order valence-electron chi connectivity index (χ2n) is 6.31. The molecule has 0 saturated carbocycles. The Morgan fingerprint density at radius 2 is 1.96 bits per heavy atom. The van der Waals surface area contributed by atoms with Crippen LogP contribution in [0.5, 0.6) is 5.75 Å². The van der Waals surface area contributed by atoms with E-state index in [1.54, 1.807) is 24.3 Å². The van der Waals surface area contributed by atoms with Crippen molar-refractivity contribution in [3.8, 4) is 5.75 Å². The molecule has 0 spiro atoms. The maximum atomic E-state index is 13.1. The molecule has 0 aliphatic rings.